The van der Waals surface area contributed by atoms with Gasteiger partial charge in [0.05, 0.1) is 12.6 Å². The lowest BCUT2D eigenvalue weighted by Gasteiger charge is -2.15. The van der Waals surface area contributed by atoms with Crippen molar-refractivity contribution < 1.29 is 4.79 Å². The summed E-state index contributed by atoms with van der Waals surface area (Å²) < 4.78 is 0. The van der Waals surface area contributed by atoms with Crippen molar-refractivity contribution in [2.75, 3.05) is 7.05 Å². The first-order valence-electron chi connectivity index (χ1n) is 7.49. The molecule has 1 atom stereocenters. The zero-order chi connectivity index (χ0) is 15.4. The summed E-state index contributed by atoms with van der Waals surface area (Å²) >= 11 is 0. The third-order valence-corrected chi connectivity index (χ3v) is 3.74. The highest BCUT2D eigenvalue weighted by Crippen LogP contribution is 2.20. The topological polar surface area (TPSA) is 63.9 Å². The number of carbonyl (C=O) groups is 1. The number of carbonyl (C=O) groups excluding carboxylic acids is 1. The molecule has 3 rings (SSSR count). The number of aromatic nitrogens is 4. The maximum Gasteiger partial charge on any atom is 0.254 e. The zero-order valence-electron chi connectivity index (χ0n) is 12.6. The monoisotopic (exact) mass is 297 g/mol. The number of hydrogen-bond donors (Lipinski definition) is 0. The Morgan fingerprint density at radius 1 is 1.36 bits per heavy atom. The van der Waals surface area contributed by atoms with E-state index in [1.165, 1.54) is 0 Å². The van der Waals surface area contributed by atoms with Crippen LogP contribution in [0.1, 0.15) is 41.5 Å². The number of hydrogen-bond acceptors (Lipinski definition) is 4. The SMILES string of the molecule is CN(Cc1nnn([C@@H]2C=CCCC2)n1)C(=O)c1ccccc1. The molecule has 6 heteroatoms. The molecule has 0 unspecified atom stereocenters. The first kappa shape index (κ1) is 14.4. The number of nitrogens with zero attached hydrogens (tertiary/aromatic N) is 5. The lowest BCUT2D eigenvalue weighted by atomic mass is 10.0. The van der Waals surface area contributed by atoms with Gasteiger partial charge in [-0.1, -0.05) is 30.4 Å². The van der Waals surface area contributed by atoms with E-state index in [1.54, 1.807) is 28.9 Å². The summed E-state index contributed by atoms with van der Waals surface area (Å²) in [7, 11) is 1.75. The fourth-order valence-corrected chi connectivity index (χ4v) is 2.53. The van der Waals surface area contributed by atoms with Gasteiger partial charge < -0.3 is 4.90 Å². The van der Waals surface area contributed by atoms with Crippen molar-refractivity contribution in [1.82, 2.24) is 25.1 Å². The summed E-state index contributed by atoms with van der Waals surface area (Å²) in [5.74, 6) is 0.514. The van der Waals surface area contributed by atoms with Crippen molar-refractivity contribution in [3.8, 4) is 0 Å². The Morgan fingerprint density at radius 3 is 2.91 bits per heavy atom. The molecule has 0 radical (unpaired) electrons. The van der Waals surface area contributed by atoms with Gasteiger partial charge in [-0.15, -0.1) is 10.2 Å². The van der Waals surface area contributed by atoms with Crippen molar-refractivity contribution in [2.45, 2.75) is 31.8 Å². The predicted molar refractivity (Wildman–Crippen MR) is 82.1 cm³/mol. The van der Waals surface area contributed by atoms with E-state index in [-0.39, 0.29) is 11.9 Å². The third-order valence-electron chi connectivity index (χ3n) is 3.74. The van der Waals surface area contributed by atoms with Gasteiger partial charge in [0.1, 0.15) is 0 Å². The average molecular weight is 297 g/mol. The summed E-state index contributed by atoms with van der Waals surface area (Å²) in [5.41, 5.74) is 0.660. The fraction of sp³-hybridized carbons (Fsp3) is 0.375. The van der Waals surface area contributed by atoms with Gasteiger partial charge in [-0.3, -0.25) is 4.79 Å². The number of tetrazole rings is 1. The lowest BCUT2D eigenvalue weighted by molar-refractivity contribution is 0.0781. The molecule has 0 spiro atoms. The summed E-state index contributed by atoms with van der Waals surface area (Å²) in [4.78, 5) is 15.5. The Kier molecular flexibility index (Phi) is 4.27. The van der Waals surface area contributed by atoms with Crippen LogP contribution in [0, 0.1) is 0 Å². The minimum Gasteiger partial charge on any atom is -0.334 e. The highest BCUT2D eigenvalue weighted by Gasteiger charge is 2.17. The third kappa shape index (κ3) is 3.21. The molecule has 1 aliphatic carbocycles. The van der Waals surface area contributed by atoms with Gasteiger partial charge in [-0.05, 0) is 36.6 Å². The fourth-order valence-electron chi connectivity index (χ4n) is 2.53. The summed E-state index contributed by atoms with van der Waals surface area (Å²) in [6.45, 7) is 0.351. The van der Waals surface area contributed by atoms with Gasteiger partial charge in [0.25, 0.3) is 5.91 Å². The largest absolute Gasteiger partial charge is 0.334 e. The molecule has 1 aliphatic rings. The lowest BCUT2D eigenvalue weighted by Crippen LogP contribution is -2.26. The van der Waals surface area contributed by atoms with Crippen molar-refractivity contribution in [2.24, 2.45) is 0 Å². The Balaban J connectivity index is 1.66. The van der Waals surface area contributed by atoms with Gasteiger partial charge in [-0.25, -0.2) is 0 Å². The molecule has 1 amide bonds. The molecule has 0 bridgehead atoms. The minimum absolute atomic E-state index is 0.0467. The smallest absolute Gasteiger partial charge is 0.254 e. The van der Waals surface area contributed by atoms with Crippen LogP contribution in [0.15, 0.2) is 42.5 Å². The highest BCUT2D eigenvalue weighted by atomic mass is 16.2. The molecule has 0 fully saturated rings. The first-order valence-corrected chi connectivity index (χ1v) is 7.49. The molecular formula is C16H19N5O. The quantitative estimate of drug-likeness (QED) is 0.812. The molecule has 22 heavy (non-hydrogen) atoms. The maximum atomic E-state index is 12.3. The van der Waals surface area contributed by atoms with Crippen LogP contribution in [0.25, 0.3) is 0 Å². The number of rotatable bonds is 4. The van der Waals surface area contributed by atoms with E-state index >= 15 is 0 Å². The van der Waals surface area contributed by atoms with E-state index in [2.05, 4.69) is 27.6 Å². The number of amides is 1. The zero-order valence-corrected chi connectivity index (χ0v) is 12.6. The van der Waals surface area contributed by atoms with Crippen molar-refractivity contribution in [1.29, 1.82) is 0 Å². The van der Waals surface area contributed by atoms with Gasteiger partial charge in [0.2, 0.25) is 0 Å². The molecule has 6 nitrogen and oxygen atoms in total. The van der Waals surface area contributed by atoms with Crippen molar-refractivity contribution in [3.05, 3.63) is 53.9 Å². The average Bonchev–Trinajstić information content (AvgIpc) is 3.04. The van der Waals surface area contributed by atoms with Crippen LogP contribution in [0.3, 0.4) is 0 Å². The Hall–Kier alpha value is -2.50. The van der Waals surface area contributed by atoms with Crippen LogP contribution >= 0.6 is 0 Å². The molecule has 0 aliphatic heterocycles. The Labute approximate surface area is 129 Å². The van der Waals surface area contributed by atoms with Crippen LogP contribution in [-0.2, 0) is 6.54 Å². The molecule has 1 aromatic heterocycles. The van der Waals surface area contributed by atoms with E-state index in [0.29, 0.717) is 17.9 Å². The number of allylic oxidation sites excluding steroid dienone is 2. The summed E-state index contributed by atoms with van der Waals surface area (Å²) in [6.07, 6.45) is 7.57. The summed E-state index contributed by atoms with van der Waals surface area (Å²) in [6, 6.07) is 9.38. The predicted octanol–water partition coefficient (Wildman–Crippen LogP) is 2.23. The van der Waals surface area contributed by atoms with E-state index in [1.807, 2.05) is 18.2 Å². The second-order valence-corrected chi connectivity index (χ2v) is 5.48. The van der Waals surface area contributed by atoms with Crippen LogP contribution in [0.2, 0.25) is 0 Å². The normalized spacial score (nSPS) is 17.4. The minimum atomic E-state index is -0.0467. The molecule has 114 valence electrons. The molecular weight excluding hydrogens is 278 g/mol. The molecule has 0 saturated carbocycles. The second kappa shape index (κ2) is 6.51. The van der Waals surface area contributed by atoms with Crippen molar-refractivity contribution >= 4 is 5.91 Å². The van der Waals surface area contributed by atoms with E-state index in [0.717, 1.165) is 19.3 Å². The summed E-state index contributed by atoms with van der Waals surface area (Å²) in [5, 5.41) is 12.6. The van der Waals surface area contributed by atoms with Crippen LogP contribution < -0.4 is 0 Å². The van der Waals surface area contributed by atoms with E-state index < -0.39 is 0 Å². The highest BCUT2D eigenvalue weighted by molar-refractivity contribution is 5.93. The van der Waals surface area contributed by atoms with Crippen molar-refractivity contribution in [3.63, 3.8) is 0 Å². The second-order valence-electron chi connectivity index (χ2n) is 5.48. The molecule has 2 aromatic rings. The Morgan fingerprint density at radius 2 is 2.18 bits per heavy atom. The first-order chi connectivity index (χ1) is 10.7. The van der Waals surface area contributed by atoms with Gasteiger partial charge in [0.15, 0.2) is 5.82 Å². The van der Waals surface area contributed by atoms with E-state index in [9.17, 15) is 4.79 Å². The Bertz CT molecular complexity index is 664. The van der Waals surface area contributed by atoms with Crippen LogP contribution in [0.4, 0.5) is 0 Å². The molecule has 0 saturated heterocycles. The van der Waals surface area contributed by atoms with E-state index in [4.69, 9.17) is 0 Å². The standard InChI is InChI=1S/C16H19N5O/c1-20(16(22)13-8-4-2-5-9-13)12-15-17-19-21(18-15)14-10-6-3-7-11-14/h2,4-6,8-10,14H,3,7,11-12H2,1H3/t14-/m1/s1. The maximum absolute atomic E-state index is 12.3. The molecule has 1 heterocycles. The van der Waals surface area contributed by atoms with Gasteiger partial charge >= 0.3 is 0 Å². The molecule has 0 N–H and O–H groups in total. The molecule has 1 aromatic carbocycles. The van der Waals surface area contributed by atoms with Gasteiger partial charge in [-0.2, -0.15) is 4.80 Å². The van der Waals surface area contributed by atoms with Crippen LogP contribution in [-0.4, -0.2) is 38.1 Å². The number of benzene rings is 1. The van der Waals surface area contributed by atoms with Crippen LogP contribution in [0.5, 0.6) is 0 Å². The van der Waals surface area contributed by atoms with Gasteiger partial charge in [0, 0.05) is 12.6 Å².